The topological polar surface area (TPSA) is 26.8 Å². The van der Waals surface area contributed by atoms with Crippen LogP contribution in [0.4, 0.5) is 0 Å². The van der Waals surface area contributed by atoms with Gasteiger partial charge in [0, 0.05) is 70.9 Å². The normalized spacial score (nSPS) is 17.6. The molecule has 2 aliphatic rings. The quantitative estimate of drug-likeness (QED) is 0.450. The number of carbonyl (C=O) groups excluding carboxylic acids is 1. The van der Waals surface area contributed by atoms with E-state index in [-0.39, 0.29) is 5.78 Å². The maximum atomic E-state index is 13.0. The van der Waals surface area contributed by atoms with Crippen molar-refractivity contribution < 1.29 is 4.79 Å². The van der Waals surface area contributed by atoms with Crippen molar-refractivity contribution in [3.8, 4) is 0 Å². The lowest BCUT2D eigenvalue weighted by Crippen LogP contribution is -2.46. The van der Waals surface area contributed by atoms with Crippen LogP contribution in [0.15, 0.2) is 78.9 Å². The fourth-order valence-electron chi connectivity index (χ4n) is 5.36. The van der Waals surface area contributed by atoms with E-state index in [1.54, 1.807) is 0 Å². The Kier molecular flexibility index (Phi) is 8.04. The van der Waals surface area contributed by atoms with E-state index in [0.29, 0.717) is 6.42 Å². The average molecular weight is 468 g/mol. The molecule has 0 aromatic heterocycles. The third-order valence-corrected chi connectivity index (χ3v) is 7.54. The summed E-state index contributed by atoms with van der Waals surface area (Å²) in [5, 5.41) is 0. The number of Topliss-reactive ketones (excluding diaryl/α,β-unsaturated/α-hetero) is 1. The van der Waals surface area contributed by atoms with Gasteiger partial charge in [-0.25, -0.2) is 0 Å². The van der Waals surface area contributed by atoms with Gasteiger partial charge in [-0.2, -0.15) is 0 Å². The van der Waals surface area contributed by atoms with Crippen molar-refractivity contribution in [2.45, 2.75) is 32.4 Å². The Labute approximate surface area is 210 Å². The first-order valence-corrected chi connectivity index (χ1v) is 13.1. The molecule has 2 aliphatic heterocycles. The van der Waals surface area contributed by atoms with E-state index in [9.17, 15) is 4.79 Å². The van der Waals surface area contributed by atoms with Crippen LogP contribution >= 0.6 is 0 Å². The van der Waals surface area contributed by atoms with E-state index < -0.39 is 0 Å². The second kappa shape index (κ2) is 11.8. The first kappa shape index (κ1) is 23.9. The zero-order valence-corrected chi connectivity index (χ0v) is 20.7. The van der Waals surface area contributed by atoms with Gasteiger partial charge in [-0.3, -0.25) is 14.6 Å². The van der Waals surface area contributed by atoms with Crippen molar-refractivity contribution in [1.82, 2.24) is 14.7 Å². The Balaban J connectivity index is 1.09. The number of rotatable bonds is 8. The maximum absolute atomic E-state index is 13.0. The summed E-state index contributed by atoms with van der Waals surface area (Å²) in [4.78, 5) is 20.5. The maximum Gasteiger partial charge on any atom is 0.164 e. The van der Waals surface area contributed by atoms with Gasteiger partial charge in [0.2, 0.25) is 0 Å². The highest BCUT2D eigenvalue weighted by Gasteiger charge is 2.19. The minimum Gasteiger partial charge on any atom is -0.300 e. The van der Waals surface area contributed by atoms with E-state index in [1.165, 1.54) is 22.3 Å². The lowest BCUT2D eigenvalue weighted by Gasteiger charge is -2.34. The summed E-state index contributed by atoms with van der Waals surface area (Å²) in [6.07, 6.45) is 2.69. The minimum absolute atomic E-state index is 0.282. The molecule has 3 aromatic rings. The van der Waals surface area contributed by atoms with E-state index in [1.807, 2.05) is 0 Å². The molecule has 182 valence electrons. The summed E-state index contributed by atoms with van der Waals surface area (Å²) in [6.45, 7) is 9.23. The van der Waals surface area contributed by atoms with Crippen molar-refractivity contribution in [3.63, 3.8) is 0 Å². The SMILES string of the molecule is O=C(CCN1CCN(Cc2ccccc2)CC1)c1ccc2c(c1)CCN(Cc1ccccc1)CC2. The smallest absolute Gasteiger partial charge is 0.164 e. The van der Waals surface area contributed by atoms with Crippen molar-refractivity contribution in [3.05, 3.63) is 107 Å². The van der Waals surface area contributed by atoms with E-state index in [2.05, 4.69) is 93.6 Å². The second-order valence-corrected chi connectivity index (χ2v) is 10.0. The summed E-state index contributed by atoms with van der Waals surface area (Å²) < 4.78 is 0. The number of benzene rings is 3. The summed E-state index contributed by atoms with van der Waals surface area (Å²) >= 11 is 0. The number of hydrogen-bond donors (Lipinski definition) is 0. The molecule has 0 saturated carbocycles. The molecule has 4 heteroatoms. The highest BCUT2D eigenvalue weighted by atomic mass is 16.1. The lowest BCUT2D eigenvalue weighted by molar-refractivity contribution is 0.0922. The molecule has 0 atom stereocenters. The number of nitrogens with zero attached hydrogens (tertiary/aromatic N) is 3. The van der Waals surface area contributed by atoms with Crippen LogP contribution in [-0.4, -0.2) is 66.3 Å². The molecule has 0 radical (unpaired) electrons. The van der Waals surface area contributed by atoms with E-state index >= 15 is 0 Å². The molecule has 0 amide bonds. The fraction of sp³-hybridized carbons (Fsp3) is 0.387. The second-order valence-electron chi connectivity index (χ2n) is 10.0. The van der Waals surface area contributed by atoms with Gasteiger partial charge in [0.05, 0.1) is 0 Å². The van der Waals surface area contributed by atoms with Crippen LogP contribution in [0.1, 0.15) is 39.0 Å². The summed E-state index contributed by atoms with van der Waals surface area (Å²) in [6, 6.07) is 27.9. The molecule has 1 saturated heterocycles. The molecule has 2 heterocycles. The van der Waals surface area contributed by atoms with Gasteiger partial charge in [0.1, 0.15) is 0 Å². The Morgan fingerprint density at radius 3 is 1.77 bits per heavy atom. The lowest BCUT2D eigenvalue weighted by atomic mass is 9.97. The van der Waals surface area contributed by atoms with Gasteiger partial charge in [0.25, 0.3) is 0 Å². The van der Waals surface area contributed by atoms with E-state index in [4.69, 9.17) is 0 Å². The van der Waals surface area contributed by atoms with Crippen molar-refractivity contribution >= 4 is 5.78 Å². The van der Waals surface area contributed by atoms with Gasteiger partial charge < -0.3 is 4.90 Å². The van der Waals surface area contributed by atoms with Crippen LogP contribution in [-0.2, 0) is 25.9 Å². The Morgan fingerprint density at radius 1 is 0.600 bits per heavy atom. The number of piperazine rings is 1. The largest absolute Gasteiger partial charge is 0.300 e. The molecular weight excluding hydrogens is 430 g/mol. The summed E-state index contributed by atoms with van der Waals surface area (Å²) in [5.41, 5.74) is 6.41. The number of fused-ring (bicyclic) bond motifs is 1. The molecule has 5 rings (SSSR count). The molecule has 4 nitrogen and oxygen atoms in total. The Hall–Kier alpha value is -2.79. The number of hydrogen-bond acceptors (Lipinski definition) is 4. The average Bonchev–Trinajstić information content (AvgIpc) is 3.11. The highest BCUT2D eigenvalue weighted by molar-refractivity contribution is 5.96. The molecule has 0 spiro atoms. The van der Waals surface area contributed by atoms with Gasteiger partial charge in [-0.15, -0.1) is 0 Å². The zero-order chi connectivity index (χ0) is 23.9. The predicted molar refractivity (Wildman–Crippen MR) is 143 cm³/mol. The van der Waals surface area contributed by atoms with Crippen LogP contribution in [0.25, 0.3) is 0 Å². The first-order valence-electron chi connectivity index (χ1n) is 13.1. The van der Waals surface area contributed by atoms with Gasteiger partial charge in [-0.05, 0) is 41.2 Å². The van der Waals surface area contributed by atoms with Crippen molar-refractivity contribution in [2.75, 3.05) is 45.8 Å². The van der Waals surface area contributed by atoms with Gasteiger partial charge in [-0.1, -0.05) is 72.8 Å². The Morgan fingerprint density at radius 2 is 1.14 bits per heavy atom. The fourth-order valence-corrected chi connectivity index (χ4v) is 5.36. The molecule has 0 aliphatic carbocycles. The van der Waals surface area contributed by atoms with Crippen molar-refractivity contribution in [1.29, 1.82) is 0 Å². The van der Waals surface area contributed by atoms with Crippen LogP contribution in [0.3, 0.4) is 0 Å². The minimum atomic E-state index is 0.282. The molecule has 0 unspecified atom stereocenters. The molecule has 1 fully saturated rings. The predicted octanol–water partition coefficient (Wildman–Crippen LogP) is 4.68. The first-order chi connectivity index (χ1) is 17.2. The molecule has 3 aromatic carbocycles. The summed E-state index contributed by atoms with van der Waals surface area (Å²) in [7, 11) is 0. The highest BCUT2D eigenvalue weighted by Crippen LogP contribution is 2.20. The number of carbonyl (C=O) groups is 1. The monoisotopic (exact) mass is 467 g/mol. The molecule has 35 heavy (non-hydrogen) atoms. The molecular formula is C31H37N3O. The number of ketones is 1. The van der Waals surface area contributed by atoms with Gasteiger partial charge in [0.15, 0.2) is 5.78 Å². The molecule has 0 bridgehead atoms. The van der Waals surface area contributed by atoms with Crippen LogP contribution in [0, 0.1) is 0 Å². The standard InChI is InChI=1S/C31H37N3O/c35-31(15-18-32-19-21-34(22-20-32)25-27-9-5-2-6-10-27)30-12-11-28-13-16-33(17-14-29(28)23-30)24-26-7-3-1-4-8-26/h1-12,23H,13-22,24-25H2. The van der Waals surface area contributed by atoms with Crippen molar-refractivity contribution in [2.24, 2.45) is 0 Å². The zero-order valence-electron chi connectivity index (χ0n) is 20.7. The third-order valence-electron chi connectivity index (χ3n) is 7.54. The Bertz CT molecular complexity index is 1090. The molecule has 0 N–H and O–H groups in total. The summed E-state index contributed by atoms with van der Waals surface area (Å²) in [5.74, 6) is 0.282. The van der Waals surface area contributed by atoms with Crippen LogP contribution in [0.2, 0.25) is 0 Å². The van der Waals surface area contributed by atoms with Crippen LogP contribution < -0.4 is 0 Å². The van der Waals surface area contributed by atoms with Crippen LogP contribution in [0.5, 0.6) is 0 Å². The van der Waals surface area contributed by atoms with Gasteiger partial charge >= 0.3 is 0 Å². The van der Waals surface area contributed by atoms with E-state index in [0.717, 1.165) is 77.3 Å². The third kappa shape index (κ3) is 6.66.